The van der Waals surface area contributed by atoms with Crippen molar-refractivity contribution in [2.24, 2.45) is 16.5 Å². The molecule has 2 aliphatic rings. The third-order valence-corrected chi connectivity index (χ3v) is 4.88. The second kappa shape index (κ2) is 5.21. The Morgan fingerprint density at radius 2 is 1.88 bits per heavy atom. The van der Waals surface area contributed by atoms with Crippen LogP contribution in [0.2, 0.25) is 0 Å². The lowest BCUT2D eigenvalue weighted by atomic mass is 9.68. The van der Waals surface area contributed by atoms with Crippen molar-refractivity contribution < 1.29 is 8.42 Å². The molecule has 0 bridgehead atoms. The van der Waals surface area contributed by atoms with Gasteiger partial charge < -0.3 is 5.32 Å². The molecule has 6 heteroatoms. The lowest BCUT2D eigenvalue weighted by Crippen LogP contribution is -2.37. The summed E-state index contributed by atoms with van der Waals surface area (Å²) in [6, 6.07) is 0. The summed E-state index contributed by atoms with van der Waals surface area (Å²) in [5, 5.41) is 8.49. The van der Waals surface area contributed by atoms with Gasteiger partial charge in [0, 0.05) is 6.54 Å². The highest BCUT2D eigenvalue weighted by Gasteiger charge is 2.44. The number of hydrogen-bond acceptors (Lipinski definition) is 3. The highest BCUT2D eigenvalue weighted by Crippen LogP contribution is 2.44. The number of hydrogen-bond donors (Lipinski definition) is 2. The van der Waals surface area contributed by atoms with Crippen LogP contribution in [0.4, 0.5) is 0 Å². The van der Waals surface area contributed by atoms with Crippen LogP contribution >= 0.6 is 12.4 Å². The van der Waals surface area contributed by atoms with Gasteiger partial charge in [-0.05, 0) is 30.7 Å². The first kappa shape index (κ1) is 14.2. The summed E-state index contributed by atoms with van der Waals surface area (Å²) in [7, 11) is -3.32. The molecular formula is C10H21ClN2O2S. The predicted molar refractivity (Wildman–Crippen MR) is 67.1 cm³/mol. The van der Waals surface area contributed by atoms with Crippen LogP contribution in [0.25, 0.3) is 0 Å². The first-order valence-electron chi connectivity index (χ1n) is 5.73. The van der Waals surface area contributed by atoms with Crippen LogP contribution < -0.4 is 10.5 Å². The Balaban J connectivity index is 0.00000128. The molecule has 1 unspecified atom stereocenters. The van der Waals surface area contributed by atoms with Crippen LogP contribution in [0.15, 0.2) is 0 Å². The van der Waals surface area contributed by atoms with Crippen molar-refractivity contribution in [1.29, 1.82) is 0 Å². The van der Waals surface area contributed by atoms with Gasteiger partial charge in [0.2, 0.25) is 10.0 Å². The maximum absolute atomic E-state index is 11.2. The third kappa shape index (κ3) is 3.09. The van der Waals surface area contributed by atoms with E-state index in [1.165, 1.54) is 32.1 Å². The van der Waals surface area contributed by atoms with Crippen LogP contribution in [0.3, 0.4) is 0 Å². The molecule has 16 heavy (non-hydrogen) atoms. The lowest BCUT2D eigenvalue weighted by Gasteiger charge is -2.37. The van der Waals surface area contributed by atoms with Gasteiger partial charge in [0.05, 0.1) is 5.75 Å². The molecule has 0 aromatic heterocycles. The summed E-state index contributed by atoms with van der Waals surface area (Å²) in [4.78, 5) is 0. The van der Waals surface area contributed by atoms with Crippen LogP contribution in [0, 0.1) is 11.3 Å². The van der Waals surface area contributed by atoms with Gasteiger partial charge in [0.25, 0.3) is 0 Å². The Morgan fingerprint density at radius 3 is 2.44 bits per heavy atom. The Labute approximate surface area is 104 Å². The summed E-state index contributed by atoms with van der Waals surface area (Å²) >= 11 is 0. The van der Waals surface area contributed by atoms with Gasteiger partial charge in [-0.3, -0.25) is 0 Å². The maximum Gasteiger partial charge on any atom is 0.209 e. The maximum atomic E-state index is 11.2. The number of nitrogens with one attached hydrogen (secondary N) is 1. The van der Waals surface area contributed by atoms with Crippen LogP contribution in [0.1, 0.15) is 32.1 Å². The molecule has 1 aliphatic heterocycles. The van der Waals surface area contributed by atoms with Gasteiger partial charge in [0.1, 0.15) is 0 Å². The summed E-state index contributed by atoms with van der Waals surface area (Å²) in [5.74, 6) is 0.382. The lowest BCUT2D eigenvalue weighted by molar-refractivity contribution is 0.160. The average Bonchev–Trinajstić information content (AvgIpc) is 2.48. The zero-order chi connectivity index (χ0) is 10.9. The minimum Gasteiger partial charge on any atom is -0.316 e. The van der Waals surface area contributed by atoms with Gasteiger partial charge in [0.15, 0.2) is 0 Å². The van der Waals surface area contributed by atoms with Crippen LogP contribution in [0.5, 0.6) is 0 Å². The van der Waals surface area contributed by atoms with Gasteiger partial charge in [-0.2, -0.15) is 0 Å². The van der Waals surface area contributed by atoms with Crippen LogP contribution in [-0.2, 0) is 10.0 Å². The third-order valence-electron chi connectivity index (χ3n) is 4.02. The summed E-state index contributed by atoms with van der Waals surface area (Å²) in [6.07, 6.45) is 6.11. The molecule has 1 aliphatic carbocycles. The summed E-state index contributed by atoms with van der Waals surface area (Å²) < 4.78 is 22.3. The number of nitrogens with two attached hydrogens (primary N) is 1. The van der Waals surface area contributed by atoms with E-state index in [0.29, 0.717) is 0 Å². The molecule has 2 rings (SSSR count). The zero-order valence-electron chi connectivity index (χ0n) is 9.44. The highest BCUT2D eigenvalue weighted by atomic mass is 35.5. The van der Waals surface area contributed by atoms with Gasteiger partial charge >= 0.3 is 0 Å². The van der Waals surface area contributed by atoms with Crippen molar-refractivity contribution in [3.63, 3.8) is 0 Å². The van der Waals surface area contributed by atoms with E-state index in [4.69, 9.17) is 5.14 Å². The number of rotatable bonds is 2. The molecule has 2 fully saturated rings. The molecule has 1 saturated heterocycles. The number of sulfonamides is 1. The fraction of sp³-hybridized carbons (Fsp3) is 1.00. The molecule has 1 heterocycles. The van der Waals surface area contributed by atoms with E-state index in [1.54, 1.807) is 0 Å². The van der Waals surface area contributed by atoms with E-state index in [0.717, 1.165) is 13.1 Å². The Morgan fingerprint density at radius 1 is 1.25 bits per heavy atom. The average molecular weight is 269 g/mol. The van der Waals surface area contributed by atoms with E-state index in [2.05, 4.69) is 5.32 Å². The molecule has 0 aromatic carbocycles. The van der Waals surface area contributed by atoms with E-state index in [1.807, 2.05) is 0 Å². The quantitative estimate of drug-likeness (QED) is 0.781. The van der Waals surface area contributed by atoms with Crippen molar-refractivity contribution in [2.75, 3.05) is 18.8 Å². The molecule has 0 aromatic rings. The first-order chi connectivity index (χ1) is 7.02. The highest BCUT2D eigenvalue weighted by molar-refractivity contribution is 7.89. The second-order valence-electron chi connectivity index (χ2n) is 5.08. The Kier molecular flexibility index (Phi) is 4.63. The zero-order valence-corrected chi connectivity index (χ0v) is 11.1. The molecule has 1 saturated carbocycles. The normalized spacial score (nSPS) is 28.9. The van der Waals surface area contributed by atoms with E-state index >= 15 is 0 Å². The fourth-order valence-corrected chi connectivity index (χ4v) is 4.25. The van der Waals surface area contributed by atoms with Crippen LogP contribution in [-0.4, -0.2) is 27.3 Å². The molecule has 0 radical (unpaired) electrons. The topological polar surface area (TPSA) is 72.2 Å². The van der Waals surface area contributed by atoms with E-state index in [-0.39, 0.29) is 29.5 Å². The van der Waals surface area contributed by atoms with Crippen molar-refractivity contribution in [3.05, 3.63) is 0 Å². The molecule has 3 N–H and O–H groups in total. The smallest absolute Gasteiger partial charge is 0.209 e. The van der Waals surface area contributed by atoms with Crippen molar-refractivity contribution in [3.8, 4) is 0 Å². The minimum atomic E-state index is -3.32. The first-order valence-corrected chi connectivity index (χ1v) is 7.45. The molecule has 0 amide bonds. The van der Waals surface area contributed by atoms with Crippen molar-refractivity contribution >= 4 is 22.4 Å². The summed E-state index contributed by atoms with van der Waals surface area (Å²) in [6.45, 7) is 1.80. The minimum absolute atomic E-state index is 0. The number of halogens is 1. The Bertz CT molecular complexity index is 326. The number of primary sulfonamides is 1. The molecule has 1 atom stereocenters. The van der Waals surface area contributed by atoms with Gasteiger partial charge in [-0.15, -0.1) is 12.4 Å². The largest absolute Gasteiger partial charge is 0.316 e. The van der Waals surface area contributed by atoms with Crippen molar-refractivity contribution in [1.82, 2.24) is 5.32 Å². The van der Waals surface area contributed by atoms with Gasteiger partial charge in [-0.1, -0.05) is 19.3 Å². The molecule has 4 nitrogen and oxygen atoms in total. The van der Waals surface area contributed by atoms with E-state index in [9.17, 15) is 8.42 Å². The van der Waals surface area contributed by atoms with E-state index < -0.39 is 10.0 Å². The monoisotopic (exact) mass is 268 g/mol. The fourth-order valence-electron chi connectivity index (χ4n) is 3.21. The van der Waals surface area contributed by atoms with Crippen molar-refractivity contribution in [2.45, 2.75) is 32.1 Å². The molecular weight excluding hydrogens is 248 g/mol. The SMILES string of the molecule is Cl.NS(=O)(=O)CC1CNCC12CCCCC2. The predicted octanol–water partition coefficient (Wildman–Crippen LogP) is 0.867. The second-order valence-corrected chi connectivity index (χ2v) is 6.74. The molecule has 1 spiro atoms. The van der Waals surface area contributed by atoms with Gasteiger partial charge in [-0.25, -0.2) is 13.6 Å². The summed E-state index contributed by atoms with van der Waals surface area (Å²) in [5.41, 5.74) is 0.227. The Hall–Kier alpha value is 0.160. The molecule has 96 valence electrons. The standard InChI is InChI=1S/C10H20N2O2S.ClH/c11-15(13,14)7-9-6-12-8-10(9)4-2-1-3-5-10;/h9,12H,1-8H2,(H2,11,13,14);1H.